The van der Waals surface area contributed by atoms with Crippen LogP contribution in [0, 0.1) is 0 Å². The highest BCUT2D eigenvalue weighted by atomic mass is 32.2. The molecule has 0 spiro atoms. The van der Waals surface area contributed by atoms with Gasteiger partial charge in [0.25, 0.3) is 0 Å². The van der Waals surface area contributed by atoms with Gasteiger partial charge in [-0.2, -0.15) is 0 Å². The van der Waals surface area contributed by atoms with Crippen LogP contribution in [-0.2, 0) is 9.84 Å². The lowest BCUT2D eigenvalue weighted by atomic mass is 10.0. The molecule has 0 aliphatic carbocycles. The zero-order valence-electron chi connectivity index (χ0n) is 10.8. The first kappa shape index (κ1) is 13.1. The molecule has 3 heterocycles. The predicted octanol–water partition coefficient (Wildman–Crippen LogP) is 1.96. The van der Waals surface area contributed by atoms with Crippen molar-refractivity contribution in [3.63, 3.8) is 0 Å². The van der Waals surface area contributed by atoms with Gasteiger partial charge in [0.2, 0.25) is 5.88 Å². The van der Waals surface area contributed by atoms with E-state index < -0.39 is 15.1 Å². The van der Waals surface area contributed by atoms with Crippen LogP contribution in [0.1, 0.15) is 30.2 Å². The maximum absolute atomic E-state index is 12.2. The van der Waals surface area contributed by atoms with Crippen molar-refractivity contribution in [1.29, 1.82) is 0 Å². The molecule has 1 aliphatic rings. The Morgan fingerprint density at radius 1 is 1.35 bits per heavy atom. The molecule has 1 saturated heterocycles. The average Bonchev–Trinajstić information content (AvgIpc) is 2.81. The van der Waals surface area contributed by atoms with Gasteiger partial charge in [0, 0.05) is 18.0 Å². The van der Waals surface area contributed by atoms with Crippen LogP contribution in [0.3, 0.4) is 0 Å². The summed E-state index contributed by atoms with van der Waals surface area (Å²) < 4.78 is 29.5. The minimum atomic E-state index is -3.19. The molecule has 7 heteroatoms. The Balaban J connectivity index is 2.12. The van der Waals surface area contributed by atoms with E-state index in [-0.39, 0.29) is 11.6 Å². The van der Waals surface area contributed by atoms with Crippen molar-refractivity contribution >= 4 is 15.7 Å². The van der Waals surface area contributed by atoms with Gasteiger partial charge in [-0.1, -0.05) is 17.6 Å². The van der Waals surface area contributed by atoms with Crippen molar-refractivity contribution in [2.24, 2.45) is 0 Å². The Bertz CT molecular complexity index is 710. The van der Waals surface area contributed by atoms with E-state index in [9.17, 15) is 8.42 Å². The van der Waals surface area contributed by atoms with Gasteiger partial charge >= 0.3 is 0 Å². The maximum Gasteiger partial charge on any atom is 0.230 e. The van der Waals surface area contributed by atoms with E-state index in [0.717, 1.165) is 12.0 Å². The Kier molecular flexibility index (Phi) is 3.21. The first-order valence-electron chi connectivity index (χ1n) is 6.46. The van der Waals surface area contributed by atoms with Crippen molar-refractivity contribution in [3.05, 3.63) is 30.2 Å². The Morgan fingerprint density at radius 3 is 2.90 bits per heavy atom. The molecule has 20 heavy (non-hydrogen) atoms. The van der Waals surface area contributed by atoms with Gasteiger partial charge in [0.05, 0.1) is 11.3 Å². The maximum atomic E-state index is 12.2. The number of nitrogens with two attached hydrogens (primary N) is 1. The summed E-state index contributed by atoms with van der Waals surface area (Å²) in [6, 6.07) is 3.58. The fourth-order valence-corrected chi connectivity index (χ4v) is 4.52. The van der Waals surface area contributed by atoms with Crippen LogP contribution in [0.15, 0.2) is 29.0 Å². The van der Waals surface area contributed by atoms with Gasteiger partial charge in [0.1, 0.15) is 10.9 Å². The number of rotatable bonds is 2. The second-order valence-electron chi connectivity index (χ2n) is 4.90. The Morgan fingerprint density at radius 2 is 2.20 bits per heavy atom. The normalized spacial score (nSPS) is 21.7. The zero-order chi connectivity index (χ0) is 14.2. The minimum absolute atomic E-state index is 0.133. The van der Waals surface area contributed by atoms with E-state index in [1.54, 1.807) is 18.5 Å². The zero-order valence-corrected chi connectivity index (χ0v) is 11.6. The number of nitrogens with zero attached hydrogens (tertiary/aromatic N) is 2. The number of nitrogen functional groups attached to an aromatic ring is 1. The highest BCUT2D eigenvalue weighted by molar-refractivity contribution is 7.91. The van der Waals surface area contributed by atoms with Crippen LogP contribution in [0.4, 0.5) is 5.88 Å². The summed E-state index contributed by atoms with van der Waals surface area (Å²) in [6.07, 6.45) is 5.39. The van der Waals surface area contributed by atoms with E-state index in [2.05, 4.69) is 10.1 Å². The molecule has 3 rings (SSSR count). The molecule has 0 amide bonds. The monoisotopic (exact) mass is 293 g/mol. The molecular weight excluding hydrogens is 278 g/mol. The van der Waals surface area contributed by atoms with Gasteiger partial charge in [-0.25, -0.2) is 8.42 Å². The van der Waals surface area contributed by atoms with Crippen molar-refractivity contribution < 1.29 is 12.9 Å². The summed E-state index contributed by atoms with van der Waals surface area (Å²) in [7, 11) is -3.19. The number of aromatic nitrogens is 2. The summed E-state index contributed by atoms with van der Waals surface area (Å²) >= 11 is 0. The third-order valence-corrected chi connectivity index (χ3v) is 5.76. The van der Waals surface area contributed by atoms with Gasteiger partial charge in [-0.05, 0) is 18.9 Å². The van der Waals surface area contributed by atoms with E-state index >= 15 is 0 Å². The summed E-state index contributed by atoms with van der Waals surface area (Å²) in [5, 5.41) is 3.27. The van der Waals surface area contributed by atoms with Gasteiger partial charge < -0.3 is 10.3 Å². The molecule has 1 aliphatic heterocycles. The standard InChI is InChI=1S/C13H15N3O3S/c14-13-11(9-4-3-6-15-8-9)12(16-19-13)10-5-1-2-7-20(10,17)18/h3-4,6,8,10H,1-2,5,7,14H2. The minimum Gasteiger partial charge on any atom is -0.367 e. The number of anilines is 1. The summed E-state index contributed by atoms with van der Waals surface area (Å²) in [5.74, 6) is 0.325. The molecule has 6 nitrogen and oxygen atoms in total. The smallest absolute Gasteiger partial charge is 0.230 e. The van der Waals surface area contributed by atoms with Crippen LogP contribution in [0.2, 0.25) is 0 Å². The first-order chi connectivity index (χ1) is 9.59. The largest absolute Gasteiger partial charge is 0.367 e. The Hall–Kier alpha value is -1.89. The molecule has 0 radical (unpaired) electrons. The molecule has 0 saturated carbocycles. The van der Waals surface area contributed by atoms with Crippen molar-refractivity contribution in [2.75, 3.05) is 11.5 Å². The SMILES string of the molecule is Nc1onc(C2CCCCS2(=O)=O)c1-c1cccnc1. The number of hydrogen-bond acceptors (Lipinski definition) is 6. The second-order valence-corrected chi connectivity index (χ2v) is 7.20. The summed E-state index contributed by atoms with van der Waals surface area (Å²) in [4.78, 5) is 4.03. The van der Waals surface area contributed by atoms with Crippen molar-refractivity contribution in [3.8, 4) is 11.1 Å². The molecule has 2 N–H and O–H groups in total. The van der Waals surface area contributed by atoms with Gasteiger partial charge in [-0.15, -0.1) is 0 Å². The van der Waals surface area contributed by atoms with Gasteiger partial charge in [0.15, 0.2) is 9.84 Å². The third kappa shape index (κ3) is 2.18. The van der Waals surface area contributed by atoms with E-state index in [0.29, 0.717) is 24.1 Å². The molecule has 0 aromatic carbocycles. The fourth-order valence-electron chi connectivity index (χ4n) is 2.60. The molecule has 0 bridgehead atoms. The lowest BCUT2D eigenvalue weighted by molar-refractivity contribution is 0.421. The van der Waals surface area contributed by atoms with E-state index in [1.165, 1.54) is 0 Å². The second kappa shape index (κ2) is 4.90. The Labute approximate surface area is 116 Å². The topological polar surface area (TPSA) is 99.1 Å². The summed E-state index contributed by atoms with van der Waals surface area (Å²) in [6.45, 7) is 0. The third-order valence-electron chi connectivity index (χ3n) is 3.58. The lowest BCUT2D eigenvalue weighted by Gasteiger charge is -2.21. The summed E-state index contributed by atoms with van der Waals surface area (Å²) in [5.41, 5.74) is 7.50. The van der Waals surface area contributed by atoms with Gasteiger partial charge in [-0.3, -0.25) is 4.98 Å². The fraction of sp³-hybridized carbons (Fsp3) is 0.385. The highest BCUT2D eigenvalue weighted by Crippen LogP contribution is 2.40. The van der Waals surface area contributed by atoms with Crippen LogP contribution in [0.25, 0.3) is 11.1 Å². The molecule has 1 unspecified atom stereocenters. The van der Waals surface area contributed by atoms with Crippen LogP contribution >= 0.6 is 0 Å². The number of sulfone groups is 1. The van der Waals surface area contributed by atoms with E-state index in [1.807, 2.05) is 6.07 Å². The number of hydrogen-bond donors (Lipinski definition) is 1. The van der Waals surface area contributed by atoms with E-state index in [4.69, 9.17) is 10.3 Å². The predicted molar refractivity (Wildman–Crippen MR) is 74.5 cm³/mol. The molecule has 1 atom stereocenters. The molecule has 2 aromatic heterocycles. The molecular formula is C13H15N3O3S. The van der Waals surface area contributed by atoms with Crippen molar-refractivity contribution in [1.82, 2.24) is 10.1 Å². The van der Waals surface area contributed by atoms with Crippen LogP contribution < -0.4 is 5.73 Å². The molecule has 1 fully saturated rings. The molecule has 2 aromatic rings. The lowest BCUT2D eigenvalue weighted by Crippen LogP contribution is -2.22. The van der Waals surface area contributed by atoms with Crippen LogP contribution in [0.5, 0.6) is 0 Å². The first-order valence-corrected chi connectivity index (χ1v) is 8.18. The van der Waals surface area contributed by atoms with Crippen LogP contribution in [-0.4, -0.2) is 24.3 Å². The van der Waals surface area contributed by atoms with Crippen molar-refractivity contribution in [2.45, 2.75) is 24.5 Å². The average molecular weight is 293 g/mol. The number of pyridine rings is 1. The highest BCUT2D eigenvalue weighted by Gasteiger charge is 2.35. The quantitative estimate of drug-likeness (QED) is 0.908. The molecule has 106 valence electrons.